The Morgan fingerprint density at radius 3 is 1.35 bits per heavy atom. The van der Waals surface area contributed by atoms with Gasteiger partial charge in [0.05, 0.1) is 4.70 Å². The Hall–Kier alpha value is -5.13. The molecule has 6 aromatic heterocycles. The van der Waals surface area contributed by atoms with E-state index in [0.29, 0.717) is 5.92 Å². The lowest BCUT2D eigenvalue weighted by atomic mass is 9.85. The first-order chi connectivity index (χ1) is 40.3. The number of rotatable bonds is 2. The van der Waals surface area contributed by atoms with Crippen molar-refractivity contribution in [3.05, 3.63) is 209 Å². The predicted molar refractivity (Wildman–Crippen MR) is 390 cm³/mol. The highest BCUT2D eigenvalue weighted by atomic mass is 32.1. The van der Waals surface area contributed by atoms with Gasteiger partial charge < -0.3 is 0 Å². The van der Waals surface area contributed by atoms with Gasteiger partial charge in [0.15, 0.2) is 0 Å². The Morgan fingerprint density at radius 2 is 0.821 bits per heavy atom. The van der Waals surface area contributed by atoms with E-state index >= 15 is 0 Å². The van der Waals surface area contributed by atoms with E-state index in [4.69, 9.17) is 0 Å². The summed E-state index contributed by atoms with van der Waals surface area (Å²) in [5.74, 6) is 0.335. The zero-order chi connectivity index (χ0) is 63.9. The maximum absolute atomic E-state index is 13.2. The Balaban J connectivity index is 0.000000487. The van der Waals surface area contributed by atoms with Crippen LogP contribution in [0.3, 0.4) is 0 Å². The third-order valence-electron chi connectivity index (χ3n) is 12.4. The molecule has 6 heterocycles. The quantitative estimate of drug-likeness (QED) is 0.162. The van der Waals surface area contributed by atoms with Gasteiger partial charge in [0.25, 0.3) is 0 Å². The highest BCUT2D eigenvalue weighted by Crippen LogP contribution is 2.33. The first-order valence-electron chi connectivity index (χ1n) is 30.1. The standard InChI is InChI=1S/C13H16S.C12H14S.C11H12S.3C9H7FS.6C2H6/c1-9-7-11(13(2,3)4)8-10-5-6-14-12(9)10;1-8(2)11-6-9(3)12-10(7-11)4-5-13-12;1-3-9-6-8(2)11-10(7-9)4-5-12-11;1-6-4-7-2-3-11-9(7)5-8(6)10;1-6-4-7-2-3-11-9(7)8(10)5-6;1-6-2-3-8-7(9(6)10)4-5-11-8;6*1-2/h5-8H,1-4H3;4-8H,1-3H3;4-7H,3H2,1-2H3;3*2-5H,1H3;6*1-2H3. The van der Waals surface area contributed by atoms with Crippen molar-refractivity contribution in [1.29, 1.82) is 0 Å². The summed E-state index contributed by atoms with van der Waals surface area (Å²) in [6.45, 7) is 49.5. The summed E-state index contributed by atoms with van der Waals surface area (Å²) in [6, 6.07) is 37.0. The van der Waals surface area contributed by atoms with Crippen molar-refractivity contribution < 1.29 is 13.2 Å². The molecule has 0 N–H and O–H groups in total. The summed E-state index contributed by atoms with van der Waals surface area (Å²) < 4.78 is 46.4. The summed E-state index contributed by atoms with van der Waals surface area (Å²) in [4.78, 5) is 0. The van der Waals surface area contributed by atoms with E-state index in [1.165, 1.54) is 75.0 Å². The summed E-state index contributed by atoms with van der Waals surface area (Å²) >= 11 is 10.1. The molecule has 0 saturated heterocycles. The molecule has 0 spiro atoms. The van der Waals surface area contributed by atoms with Gasteiger partial charge in [0, 0.05) is 28.9 Å². The van der Waals surface area contributed by atoms with Crippen molar-refractivity contribution in [3.8, 4) is 0 Å². The smallest absolute Gasteiger partial charge is 0.141 e. The minimum Gasteiger partial charge on any atom is -0.207 e. The van der Waals surface area contributed by atoms with E-state index in [1.54, 1.807) is 48.7 Å². The van der Waals surface area contributed by atoms with Crippen LogP contribution in [0, 0.1) is 59.0 Å². The summed E-state index contributed by atoms with van der Waals surface area (Å²) in [7, 11) is 0. The lowest BCUT2D eigenvalue weighted by Crippen LogP contribution is -2.10. The molecule has 0 atom stereocenters. The molecule has 0 radical (unpaired) electrons. The molecule has 456 valence electrons. The van der Waals surface area contributed by atoms with Crippen LogP contribution in [-0.2, 0) is 11.8 Å². The number of hydrogen-bond acceptors (Lipinski definition) is 6. The third-order valence-corrected chi connectivity index (χ3v) is 18.3. The number of thiophene rings is 6. The molecule has 0 nitrogen and oxygen atoms in total. The number of benzene rings is 6. The van der Waals surface area contributed by atoms with E-state index in [0.717, 1.165) is 53.4 Å². The average molecular weight is 1250 g/mol. The summed E-state index contributed by atoms with van der Waals surface area (Å²) in [5, 5.41) is 19.4. The lowest BCUT2D eigenvalue weighted by Gasteiger charge is -2.19. The largest absolute Gasteiger partial charge is 0.207 e. The number of aryl methyl sites for hydroxylation is 7. The van der Waals surface area contributed by atoms with E-state index in [9.17, 15) is 13.2 Å². The average Bonchev–Trinajstić information content (AvgIpc) is 4.45. The topological polar surface area (TPSA) is 0 Å². The third kappa shape index (κ3) is 22.6. The highest BCUT2D eigenvalue weighted by molar-refractivity contribution is 7.18. The molecule has 0 aliphatic heterocycles. The van der Waals surface area contributed by atoms with Gasteiger partial charge in [-0.15, -0.1) is 68.0 Å². The number of fused-ring (bicyclic) bond motifs is 6. The first kappa shape index (κ1) is 76.9. The van der Waals surface area contributed by atoms with Crippen LogP contribution in [0.25, 0.3) is 60.5 Å². The monoisotopic (exact) mass is 1250 g/mol. The van der Waals surface area contributed by atoms with Crippen molar-refractivity contribution in [2.75, 3.05) is 0 Å². The molecule has 0 bridgehead atoms. The SMILES string of the molecule is CC.CC.CC.CC.CC.CC.CCc1cc(C)c2sccc2c1.Cc1cc(C(C)(C)C)cc2ccsc12.Cc1cc(C(C)C)cc2ccsc12.Cc1cc(F)c2sccc2c1.Cc1cc2ccsc2cc1F.Cc1ccc2sccc2c1F. The molecule has 6 aromatic carbocycles. The van der Waals surface area contributed by atoms with Crippen LogP contribution < -0.4 is 0 Å². The molecule has 0 aliphatic carbocycles. The van der Waals surface area contributed by atoms with Crippen molar-refractivity contribution in [2.24, 2.45) is 0 Å². The van der Waals surface area contributed by atoms with Gasteiger partial charge >= 0.3 is 0 Å². The van der Waals surface area contributed by atoms with E-state index in [1.807, 2.05) is 183 Å². The van der Waals surface area contributed by atoms with Crippen LogP contribution in [0.4, 0.5) is 13.2 Å². The fourth-order valence-corrected chi connectivity index (χ4v) is 13.2. The van der Waals surface area contributed by atoms with E-state index in [-0.39, 0.29) is 22.9 Å². The Kier molecular flexibility index (Phi) is 36.9. The minimum absolute atomic E-state index is 0.0799. The van der Waals surface area contributed by atoms with Crippen molar-refractivity contribution in [2.45, 2.75) is 184 Å². The molecule has 0 aliphatic rings. The Morgan fingerprint density at radius 1 is 0.381 bits per heavy atom. The molecular formula is C75H99F3S6. The van der Waals surface area contributed by atoms with Crippen LogP contribution in [0.5, 0.6) is 0 Å². The van der Waals surface area contributed by atoms with Gasteiger partial charge in [-0.3, -0.25) is 0 Å². The number of halogens is 3. The van der Waals surface area contributed by atoms with Crippen molar-refractivity contribution in [1.82, 2.24) is 0 Å². The molecule has 84 heavy (non-hydrogen) atoms. The fraction of sp³-hybridized carbons (Fsp3) is 0.360. The fourth-order valence-electron chi connectivity index (χ4n) is 8.26. The van der Waals surface area contributed by atoms with Gasteiger partial charge in [-0.2, -0.15) is 0 Å². The molecule has 0 unspecified atom stereocenters. The molecule has 0 amide bonds. The van der Waals surface area contributed by atoms with Gasteiger partial charge in [-0.05, 0) is 235 Å². The predicted octanol–water partition coefficient (Wildman–Crippen LogP) is 28.8. The maximum atomic E-state index is 13.2. The number of hydrogen-bond donors (Lipinski definition) is 0. The van der Waals surface area contributed by atoms with Gasteiger partial charge in [-0.1, -0.05) is 167 Å². The highest BCUT2D eigenvalue weighted by Gasteiger charge is 2.15. The second-order valence-electron chi connectivity index (χ2n) is 19.5. The molecule has 12 rings (SSSR count). The summed E-state index contributed by atoms with van der Waals surface area (Å²) in [5.41, 5.74) is 11.2. The van der Waals surface area contributed by atoms with Gasteiger partial charge in [-0.25, -0.2) is 13.2 Å². The van der Waals surface area contributed by atoms with E-state index < -0.39 is 0 Å². The zero-order valence-electron chi connectivity index (χ0n) is 55.2. The first-order valence-corrected chi connectivity index (χ1v) is 35.4. The molecule has 9 heteroatoms. The zero-order valence-corrected chi connectivity index (χ0v) is 60.1. The van der Waals surface area contributed by atoms with E-state index in [2.05, 4.69) is 133 Å². The maximum Gasteiger partial charge on any atom is 0.141 e. The second kappa shape index (κ2) is 40.3. The van der Waals surface area contributed by atoms with Crippen LogP contribution in [0.15, 0.2) is 141 Å². The van der Waals surface area contributed by atoms with Gasteiger partial charge in [0.2, 0.25) is 0 Å². The molecule has 12 aromatic rings. The Labute approximate surface area is 530 Å². The van der Waals surface area contributed by atoms with Crippen molar-refractivity contribution in [3.63, 3.8) is 0 Å². The minimum atomic E-state index is -0.111. The van der Waals surface area contributed by atoms with Gasteiger partial charge in [0.1, 0.15) is 17.5 Å². The normalized spacial score (nSPS) is 10.0. The summed E-state index contributed by atoms with van der Waals surface area (Å²) in [6.07, 6.45) is 1.13. The molecule has 0 fully saturated rings. The van der Waals surface area contributed by atoms with Crippen LogP contribution in [0.2, 0.25) is 0 Å². The molecule has 0 saturated carbocycles. The lowest BCUT2D eigenvalue weighted by molar-refractivity contribution is 0.590. The molecular weight excluding hydrogens is 1150 g/mol. The van der Waals surface area contributed by atoms with Crippen LogP contribution >= 0.6 is 68.0 Å². The Bertz CT molecular complexity index is 3680. The van der Waals surface area contributed by atoms with Crippen LogP contribution in [0.1, 0.15) is 181 Å². The second-order valence-corrected chi connectivity index (χ2v) is 25.1. The van der Waals surface area contributed by atoms with Crippen LogP contribution in [-0.4, -0.2) is 0 Å². The van der Waals surface area contributed by atoms with Crippen molar-refractivity contribution >= 4 is 129 Å².